The molecule has 2 aromatic heterocycles. The van der Waals surface area contributed by atoms with Crippen LogP contribution in [-0.4, -0.2) is 46.3 Å². The highest BCUT2D eigenvalue weighted by Gasteiger charge is 2.46. The van der Waals surface area contributed by atoms with Gasteiger partial charge in [-0.2, -0.15) is 18.7 Å². The molecule has 2 saturated carbocycles. The number of hydrogen-bond acceptors (Lipinski definition) is 7. The van der Waals surface area contributed by atoms with E-state index in [1.165, 1.54) is 37.7 Å². The second-order valence-electron chi connectivity index (χ2n) is 11.1. The van der Waals surface area contributed by atoms with E-state index in [1.54, 1.807) is 4.57 Å². The van der Waals surface area contributed by atoms with Gasteiger partial charge in [-0.25, -0.2) is 26.5 Å². The van der Waals surface area contributed by atoms with Gasteiger partial charge in [-0.15, -0.1) is 0 Å². The van der Waals surface area contributed by atoms with Crippen LogP contribution >= 0.6 is 0 Å². The maximum atomic E-state index is 13.7. The predicted molar refractivity (Wildman–Crippen MR) is 128 cm³/mol. The molecule has 198 valence electrons. The lowest BCUT2D eigenvalue weighted by Crippen LogP contribution is -2.52. The molecule has 2 aliphatic carbocycles. The van der Waals surface area contributed by atoms with Crippen LogP contribution in [0.15, 0.2) is 29.3 Å². The number of rotatable bonds is 5. The summed E-state index contributed by atoms with van der Waals surface area (Å²) < 4.78 is 43.9. The third-order valence-electron chi connectivity index (χ3n) is 9.07. The molecule has 4 aliphatic rings. The van der Waals surface area contributed by atoms with Gasteiger partial charge in [0.1, 0.15) is 0 Å². The van der Waals surface area contributed by atoms with E-state index in [9.17, 15) is 18.0 Å². The van der Waals surface area contributed by atoms with Crippen molar-refractivity contribution < 1.29 is 13.2 Å². The van der Waals surface area contributed by atoms with Crippen molar-refractivity contribution in [1.82, 2.24) is 41.1 Å². The van der Waals surface area contributed by atoms with Gasteiger partial charge in [0.2, 0.25) is 0 Å². The molecule has 5 unspecified atom stereocenters. The Kier molecular flexibility index (Phi) is 6.37. The van der Waals surface area contributed by atoms with Crippen LogP contribution in [0.5, 0.6) is 0 Å². The molecule has 2 aliphatic heterocycles. The molecule has 0 aromatic carbocycles. The Morgan fingerprint density at radius 1 is 1.08 bits per heavy atom. The Morgan fingerprint density at radius 2 is 1.92 bits per heavy atom. The van der Waals surface area contributed by atoms with Gasteiger partial charge in [-0.1, -0.05) is 19.3 Å². The van der Waals surface area contributed by atoms with E-state index in [2.05, 4.69) is 39.2 Å². The molecule has 36 heavy (non-hydrogen) atoms. The summed E-state index contributed by atoms with van der Waals surface area (Å²) in [7, 11) is 2.12. The minimum atomic E-state index is -4.52. The van der Waals surface area contributed by atoms with Crippen LogP contribution in [0.4, 0.5) is 13.2 Å². The molecular weight excluding hydrogens is 473 g/mol. The summed E-state index contributed by atoms with van der Waals surface area (Å²) in [5.74, 6) is 1.65. The SMILES string of the molecule is CN1CNNC1[C@H](C1CCC1)C1CC(C2CNNN2)CC(n2cc3c(C(F)(F)F)cccn3c2=O)C1. The zero-order valence-corrected chi connectivity index (χ0v) is 20.4. The molecule has 0 spiro atoms. The van der Waals surface area contributed by atoms with E-state index < -0.39 is 17.4 Å². The number of hydrogen-bond donors (Lipinski definition) is 5. The Morgan fingerprint density at radius 3 is 2.56 bits per heavy atom. The monoisotopic (exact) mass is 508 g/mol. The normalized spacial score (nSPS) is 33.3. The maximum Gasteiger partial charge on any atom is 0.418 e. The van der Waals surface area contributed by atoms with Gasteiger partial charge in [0.05, 0.1) is 23.9 Å². The average molecular weight is 509 g/mol. The first-order valence-electron chi connectivity index (χ1n) is 13.0. The number of aromatic nitrogens is 2. The van der Waals surface area contributed by atoms with Crippen LogP contribution in [-0.2, 0) is 6.18 Å². The zero-order chi connectivity index (χ0) is 25.0. The van der Waals surface area contributed by atoms with Crippen LogP contribution in [0.25, 0.3) is 5.52 Å². The highest BCUT2D eigenvalue weighted by molar-refractivity contribution is 5.55. The number of hydrazine groups is 3. The Hall–Kier alpha value is -1.96. The number of imidazole rings is 1. The van der Waals surface area contributed by atoms with Gasteiger partial charge in [-0.05, 0) is 62.1 Å². The summed E-state index contributed by atoms with van der Waals surface area (Å²) in [5.41, 5.74) is 15.0. The minimum Gasteiger partial charge on any atom is -0.295 e. The van der Waals surface area contributed by atoms with Crippen LogP contribution in [0, 0.1) is 23.7 Å². The maximum absolute atomic E-state index is 13.7. The fourth-order valence-electron chi connectivity index (χ4n) is 7.12. The first-order chi connectivity index (χ1) is 17.3. The number of alkyl halides is 3. The van der Waals surface area contributed by atoms with Gasteiger partial charge < -0.3 is 0 Å². The fourth-order valence-corrected chi connectivity index (χ4v) is 7.12. The number of pyridine rings is 1. The van der Waals surface area contributed by atoms with Crippen molar-refractivity contribution in [2.24, 2.45) is 23.7 Å². The quantitative estimate of drug-likeness (QED) is 0.421. The lowest BCUT2D eigenvalue weighted by Gasteiger charge is -2.48. The number of fused-ring (bicyclic) bond motifs is 1. The smallest absolute Gasteiger partial charge is 0.295 e. The van der Waals surface area contributed by atoms with Crippen molar-refractivity contribution in [3.05, 3.63) is 40.6 Å². The van der Waals surface area contributed by atoms with Gasteiger partial charge >= 0.3 is 11.9 Å². The van der Waals surface area contributed by atoms with Crippen molar-refractivity contribution in [2.75, 3.05) is 20.3 Å². The molecule has 0 radical (unpaired) electrons. The Bertz CT molecular complexity index is 1140. The molecule has 2 aromatic rings. The predicted octanol–water partition coefficient (Wildman–Crippen LogP) is 1.80. The molecule has 4 fully saturated rings. The van der Waals surface area contributed by atoms with Crippen molar-refractivity contribution in [2.45, 2.75) is 63.0 Å². The van der Waals surface area contributed by atoms with Crippen molar-refractivity contribution in [3.8, 4) is 0 Å². The highest BCUT2D eigenvalue weighted by Crippen LogP contribution is 2.49. The number of halogens is 3. The summed E-state index contributed by atoms with van der Waals surface area (Å²) in [5, 5.41) is 0. The summed E-state index contributed by atoms with van der Waals surface area (Å²) in [6.45, 7) is 1.54. The third kappa shape index (κ3) is 4.27. The second kappa shape index (κ2) is 9.41. The van der Waals surface area contributed by atoms with E-state index in [0.717, 1.165) is 42.9 Å². The lowest BCUT2D eigenvalue weighted by molar-refractivity contribution is -0.136. The van der Waals surface area contributed by atoms with E-state index >= 15 is 0 Å². The second-order valence-corrected chi connectivity index (χ2v) is 11.1. The first-order valence-corrected chi connectivity index (χ1v) is 13.0. The van der Waals surface area contributed by atoms with Crippen LogP contribution in [0.2, 0.25) is 0 Å². The van der Waals surface area contributed by atoms with Crippen LogP contribution < -0.4 is 32.9 Å². The Balaban J connectivity index is 1.38. The summed E-state index contributed by atoms with van der Waals surface area (Å²) in [6, 6.07) is 2.39. The molecule has 4 heterocycles. The number of nitrogens with one attached hydrogen (secondary N) is 5. The van der Waals surface area contributed by atoms with E-state index in [-0.39, 0.29) is 29.7 Å². The first kappa shape index (κ1) is 24.4. The Labute approximate surface area is 207 Å². The zero-order valence-electron chi connectivity index (χ0n) is 20.4. The van der Waals surface area contributed by atoms with Crippen molar-refractivity contribution >= 4 is 5.52 Å². The fraction of sp³-hybridized carbons (Fsp3) is 0.708. The largest absolute Gasteiger partial charge is 0.418 e. The van der Waals surface area contributed by atoms with Gasteiger partial charge in [0.15, 0.2) is 0 Å². The lowest BCUT2D eigenvalue weighted by atomic mass is 9.62. The summed E-state index contributed by atoms with van der Waals surface area (Å²) >= 11 is 0. The molecule has 12 heteroatoms. The molecule has 0 bridgehead atoms. The van der Waals surface area contributed by atoms with E-state index in [1.807, 2.05) is 0 Å². The average Bonchev–Trinajstić information content (AvgIpc) is 3.56. The van der Waals surface area contributed by atoms with Crippen molar-refractivity contribution in [3.63, 3.8) is 0 Å². The number of nitrogens with zero attached hydrogens (tertiary/aromatic N) is 3. The van der Waals surface area contributed by atoms with Gasteiger partial charge in [0.25, 0.3) is 0 Å². The molecule has 6 atom stereocenters. The molecule has 5 N–H and O–H groups in total. The third-order valence-corrected chi connectivity index (χ3v) is 9.07. The summed E-state index contributed by atoms with van der Waals surface area (Å²) in [4.78, 5) is 15.7. The van der Waals surface area contributed by atoms with Crippen LogP contribution in [0.3, 0.4) is 0 Å². The van der Waals surface area contributed by atoms with Gasteiger partial charge in [0, 0.05) is 31.0 Å². The summed E-state index contributed by atoms with van der Waals surface area (Å²) in [6.07, 6.45) is 4.78. The standard InChI is InChI=1S/C24H35F3N8O/c1-33-13-29-31-22(33)21(14-4-2-5-14)16-8-15(19-11-28-32-30-19)9-17(10-16)35-12-20-18(24(25,26)27)6-3-7-34(20)23(35)36/h3,6-7,12,14-17,19,21-22,28-32H,2,4-5,8-11,13H2,1H3/t15?,16?,17?,19?,21-,22?/m1/s1. The van der Waals surface area contributed by atoms with E-state index in [4.69, 9.17) is 0 Å². The van der Waals surface area contributed by atoms with Crippen molar-refractivity contribution in [1.29, 1.82) is 0 Å². The molecule has 9 nitrogen and oxygen atoms in total. The highest BCUT2D eigenvalue weighted by atomic mass is 19.4. The van der Waals surface area contributed by atoms with Gasteiger partial charge in [-0.3, -0.25) is 13.9 Å². The molecular formula is C24H35F3N8O. The topological polar surface area (TPSA) is 89.8 Å². The van der Waals surface area contributed by atoms with E-state index in [0.29, 0.717) is 17.8 Å². The molecule has 0 amide bonds. The van der Waals surface area contributed by atoms with Crippen LogP contribution in [0.1, 0.15) is 50.1 Å². The molecule has 2 saturated heterocycles. The minimum absolute atomic E-state index is 0.0760. The molecule has 6 rings (SSSR count).